The Morgan fingerprint density at radius 3 is 2.54 bits per heavy atom. The van der Waals surface area contributed by atoms with Gasteiger partial charge in [0.15, 0.2) is 11.6 Å². The Hall–Kier alpha value is -2.89. The third-order valence-corrected chi connectivity index (χ3v) is 3.37. The highest BCUT2D eigenvalue weighted by Gasteiger charge is 2.15. The molecule has 0 fully saturated rings. The van der Waals surface area contributed by atoms with Crippen LogP contribution in [0.2, 0.25) is 0 Å². The molecule has 0 radical (unpaired) electrons. The molecule has 126 valence electrons. The van der Waals surface area contributed by atoms with Crippen LogP contribution >= 0.6 is 0 Å². The van der Waals surface area contributed by atoms with Gasteiger partial charge in [-0.1, -0.05) is 19.1 Å². The lowest BCUT2D eigenvalue weighted by atomic mass is 10.1. The molecule has 6 heteroatoms. The maximum absolute atomic E-state index is 13.7. The zero-order chi connectivity index (χ0) is 17.5. The van der Waals surface area contributed by atoms with Crippen molar-refractivity contribution in [2.24, 2.45) is 0 Å². The minimum Gasteiger partial charge on any atom is -0.494 e. The van der Waals surface area contributed by atoms with E-state index in [0.717, 1.165) is 12.5 Å². The molecule has 24 heavy (non-hydrogen) atoms. The molecule has 2 aromatic carbocycles. The molecule has 0 aliphatic heterocycles. The van der Waals surface area contributed by atoms with E-state index in [1.807, 2.05) is 6.92 Å². The highest BCUT2D eigenvalue weighted by molar-refractivity contribution is 6.09. The van der Waals surface area contributed by atoms with Gasteiger partial charge < -0.3 is 15.4 Å². The highest BCUT2D eigenvalue weighted by atomic mass is 19.1. The predicted molar refractivity (Wildman–Crippen MR) is 90.0 cm³/mol. The van der Waals surface area contributed by atoms with Crippen molar-refractivity contribution in [3.8, 4) is 5.75 Å². The summed E-state index contributed by atoms with van der Waals surface area (Å²) in [6.07, 6.45) is 0.811. The number of nitrogens with one attached hydrogen (secondary N) is 2. The highest BCUT2D eigenvalue weighted by Crippen LogP contribution is 2.20. The maximum Gasteiger partial charge on any atom is 0.255 e. The number of ether oxygens (including phenoxy) is 1. The average molecular weight is 330 g/mol. The van der Waals surface area contributed by atoms with Crippen molar-refractivity contribution in [3.63, 3.8) is 0 Å². The molecule has 0 heterocycles. The molecule has 2 amide bonds. The van der Waals surface area contributed by atoms with Crippen molar-refractivity contribution >= 4 is 17.5 Å². The Labute approximate surface area is 139 Å². The van der Waals surface area contributed by atoms with Crippen LogP contribution in [0.4, 0.5) is 10.1 Å². The van der Waals surface area contributed by atoms with E-state index in [9.17, 15) is 14.0 Å². The number of carbonyl (C=O) groups is 2. The van der Waals surface area contributed by atoms with Crippen LogP contribution in [0.25, 0.3) is 0 Å². The van der Waals surface area contributed by atoms with Crippen LogP contribution in [0.3, 0.4) is 0 Å². The fraction of sp³-hybridized carbons (Fsp3) is 0.222. The second-order valence-electron chi connectivity index (χ2n) is 5.10. The summed E-state index contributed by atoms with van der Waals surface area (Å²) in [5, 5.41) is 5.40. The molecule has 2 N–H and O–H groups in total. The van der Waals surface area contributed by atoms with Gasteiger partial charge in [0.2, 0.25) is 0 Å². The monoisotopic (exact) mass is 330 g/mol. The summed E-state index contributed by atoms with van der Waals surface area (Å²) < 4.78 is 18.6. The Morgan fingerprint density at radius 1 is 1.12 bits per heavy atom. The number of hydrogen-bond donors (Lipinski definition) is 2. The number of anilines is 1. The molecule has 0 unspecified atom stereocenters. The zero-order valence-corrected chi connectivity index (χ0v) is 13.6. The number of halogens is 1. The standard InChI is InChI=1S/C18H19FN2O3/c1-3-10-20-18(23)13-6-4-5-7-15(13)21-17(22)12-8-9-16(24-2)14(19)11-12/h4-9,11H,3,10H2,1-2H3,(H,20,23)(H,21,22). The van der Waals surface area contributed by atoms with Crippen molar-refractivity contribution in [2.75, 3.05) is 19.0 Å². The van der Waals surface area contributed by atoms with E-state index in [2.05, 4.69) is 10.6 Å². The van der Waals surface area contributed by atoms with E-state index in [1.54, 1.807) is 24.3 Å². The molecule has 2 aromatic rings. The van der Waals surface area contributed by atoms with Gasteiger partial charge in [-0.3, -0.25) is 9.59 Å². The molecule has 0 aliphatic rings. The maximum atomic E-state index is 13.7. The Morgan fingerprint density at radius 2 is 1.88 bits per heavy atom. The molecular formula is C18H19FN2O3. The summed E-state index contributed by atoms with van der Waals surface area (Å²) in [5.41, 5.74) is 0.859. The number of amides is 2. The van der Waals surface area contributed by atoms with Gasteiger partial charge >= 0.3 is 0 Å². The second-order valence-corrected chi connectivity index (χ2v) is 5.10. The number of rotatable bonds is 6. The lowest BCUT2D eigenvalue weighted by Gasteiger charge is -2.11. The van der Waals surface area contributed by atoms with Crippen LogP contribution in [0.15, 0.2) is 42.5 Å². The summed E-state index contributed by atoms with van der Waals surface area (Å²) >= 11 is 0. The molecule has 0 saturated heterocycles. The number of benzene rings is 2. The summed E-state index contributed by atoms with van der Waals surface area (Å²) in [7, 11) is 1.35. The normalized spacial score (nSPS) is 10.1. The van der Waals surface area contributed by atoms with Crippen molar-refractivity contribution in [3.05, 3.63) is 59.4 Å². The smallest absolute Gasteiger partial charge is 0.255 e. The van der Waals surface area contributed by atoms with Gasteiger partial charge in [-0.05, 0) is 36.8 Å². The van der Waals surface area contributed by atoms with Gasteiger partial charge in [0.25, 0.3) is 11.8 Å². The molecule has 0 aliphatic carbocycles. The lowest BCUT2D eigenvalue weighted by molar-refractivity contribution is 0.0954. The molecule has 2 rings (SSSR count). The van der Waals surface area contributed by atoms with Crippen molar-refractivity contribution in [1.29, 1.82) is 0 Å². The van der Waals surface area contributed by atoms with E-state index >= 15 is 0 Å². The summed E-state index contributed by atoms with van der Waals surface area (Å²) in [6.45, 7) is 2.50. The van der Waals surface area contributed by atoms with Gasteiger partial charge in [-0.25, -0.2) is 4.39 Å². The second kappa shape index (κ2) is 8.10. The van der Waals surface area contributed by atoms with Gasteiger partial charge in [-0.2, -0.15) is 0 Å². The first-order valence-electron chi connectivity index (χ1n) is 7.59. The minimum atomic E-state index is -0.626. The first-order valence-corrected chi connectivity index (χ1v) is 7.59. The van der Waals surface area contributed by atoms with Gasteiger partial charge in [0, 0.05) is 12.1 Å². The average Bonchev–Trinajstić information content (AvgIpc) is 2.60. The number of carbonyl (C=O) groups excluding carboxylic acids is 2. The van der Waals surface area contributed by atoms with Crippen molar-refractivity contribution in [1.82, 2.24) is 5.32 Å². The summed E-state index contributed by atoms with van der Waals surface area (Å²) in [4.78, 5) is 24.4. The lowest BCUT2D eigenvalue weighted by Crippen LogP contribution is -2.25. The van der Waals surface area contributed by atoms with Crippen LogP contribution in [0, 0.1) is 5.82 Å². The largest absolute Gasteiger partial charge is 0.494 e. The first kappa shape index (κ1) is 17.5. The molecular weight excluding hydrogens is 311 g/mol. The first-order chi connectivity index (χ1) is 11.6. The van der Waals surface area contributed by atoms with Crippen LogP contribution in [-0.2, 0) is 0 Å². The van der Waals surface area contributed by atoms with Crippen molar-refractivity contribution < 1.29 is 18.7 Å². The van der Waals surface area contributed by atoms with E-state index in [4.69, 9.17) is 4.74 Å². The topological polar surface area (TPSA) is 67.4 Å². The van der Waals surface area contributed by atoms with Gasteiger partial charge in [0.05, 0.1) is 18.4 Å². The molecule has 0 saturated carbocycles. The Bertz CT molecular complexity index is 747. The SMILES string of the molecule is CCCNC(=O)c1ccccc1NC(=O)c1ccc(OC)c(F)c1. The van der Waals surface area contributed by atoms with Crippen LogP contribution in [-0.4, -0.2) is 25.5 Å². The Balaban J connectivity index is 2.20. The van der Waals surface area contributed by atoms with Crippen LogP contribution in [0.1, 0.15) is 34.1 Å². The Kier molecular flexibility index (Phi) is 5.89. The predicted octanol–water partition coefficient (Wildman–Crippen LogP) is 3.23. The number of methoxy groups -OCH3 is 1. The summed E-state index contributed by atoms with van der Waals surface area (Å²) in [6, 6.07) is 10.6. The van der Waals surface area contributed by atoms with E-state index in [1.165, 1.54) is 19.2 Å². The third-order valence-electron chi connectivity index (χ3n) is 3.37. The zero-order valence-electron chi connectivity index (χ0n) is 13.6. The third kappa shape index (κ3) is 4.10. The van der Waals surface area contributed by atoms with Crippen LogP contribution in [0.5, 0.6) is 5.75 Å². The molecule has 0 atom stereocenters. The van der Waals surface area contributed by atoms with Gasteiger partial charge in [0.1, 0.15) is 0 Å². The number of para-hydroxylation sites is 1. The number of hydrogen-bond acceptors (Lipinski definition) is 3. The molecule has 0 spiro atoms. The molecule has 0 bridgehead atoms. The van der Waals surface area contributed by atoms with E-state index in [-0.39, 0.29) is 17.2 Å². The quantitative estimate of drug-likeness (QED) is 0.854. The van der Waals surface area contributed by atoms with E-state index in [0.29, 0.717) is 17.8 Å². The molecule has 5 nitrogen and oxygen atoms in total. The fourth-order valence-electron chi connectivity index (χ4n) is 2.13. The van der Waals surface area contributed by atoms with E-state index < -0.39 is 11.7 Å². The molecule has 0 aromatic heterocycles. The fourth-order valence-corrected chi connectivity index (χ4v) is 2.13. The van der Waals surface area contributed by atoms with Gasteiger partial charge in [-0.15, -0.1) is 0 Å². The van der Waals surface area contributed by atoms with Crippen molar-refractivity contribution in [2.45, 2.75) is 13.3 Å². The summed E-state index contributed by atoms with van der Waals surface area (Å²) in [5.74, 6) is -1.34. The van der Waals surface area contributed by atoms with Crippen LogP contribution < -0.4 is 15.4 Å². The minimum absolute atomic E-state index is 0.0610.